The maximum absolute atomic E-state index is 5.68. The average Bonchev–Trinajstić information content (AvgIpc) is 2.01. The van der Waals surface area contributed by atoms with Gasteiger partial charge in [-0.3, -0.25) is 4.98 Å². The van der Waals surface area contributed by atoms with Crippen molar-refractivity contribution in [3.63, 3.8) is 0 Å². The average molecular weight is 215 g/mol. The van der Waals surface area contributed by atoms with Crippen LogP contribution in [0.15, 0.2) is 12.4 Å². The Labute approximate surface area is 89.5 Å². The number of halogens is 1. The lowest BCUT2D eigenvalue weighted by atomic mass is 10.1. The van der Waals surface area contributed by atoms with Gasteiger partial charge in [0.25, 0.3) is 0 Å². The van der Waals surface area contributed by atoms with Crippen molar-refractivity contribution < 1.29 is 4.74 Å². The molecular weight excluding hydrogens is 200 g/mol. The van der Waals surface area contributed by atoms with Crippen LogP contribution in [0.3, 0.4) is 0 Å². The van der Waals surface area contributed by atoms with Crippen molar-refractivity contribution in [3.05, 3.63) is 17.5 Å². The van der Waals surface area contributed by atoms with Crippen molar-refractivity contribution in [2.24, 2.45) is 5.92 Å². The molecule has 0 aliphatic carbocycles. The highest BCUT2D eigenvalue weighted by atomic mass is 35.5. The number of ether oxygens (including phenoxy) is 1. The molecule has 14 heavy (non-hydrogen) atoms. The summed E-state index contributed by atoms with van der Waals surface area (Å²) in [7, 11) is 0. The van der Waals surface area contributed by atoms with Crippen molar-refractivity contribution in [1.82, 2.24) is 9.97 Å². The maximum atomic E-state index is 5.68. The van der Waals surface area contributed by atoms with Gasteiger partial charge in [0, 0.05) is 0 Å². The minimum atomic E-state index is 0.141. The molecule has 1 rings (SSSR count). The van der Waals surface area contributed by atoms with Crippen LogP contribution in [0.5, 0.6) is 5.88 Å². The first kappa shape index (κ1) is 11.2. The molecule has 1 aromatic heterocycles. The number of nitrogens with zero attached hydrogens (tertiary/aromatic N) is 2. The molecule has 0 saturated heterocycles. The van der Waals surface area contributed by atoms with Crippen molar-refractivity contribution in [3.8, 4) is 5.88 Å². The number of hydrogen-bond acceptors (Lipinski definition) is 3. The zero-order valence-corrected chi connectivity index (χ0v) is 9.45. The molecular formula is C10H15ClN2O. The zero-order valence-electron chi connectivity index (χ0n) is 8.70. The molecule has 0 aromatic carbocycles. The predicted molar refractivity (Wildman–Crippen MR) is 56.6 cm³/mol. The third-order valence-electron chi connectivity index (χ3n) is 1.71. The lowest BCUT2D eigenvalue weighted by Gasteiger charge is -2.15. The van der Waals surface area contributed by atoms with Gasteiger partial charge in [-0.25, -0.2) is 0 Å². The molecule has 1 atom stereocenters. The molecule has 0 spiro atoms. The summed E-state index contributed by atoms with van der Waals surface area (Å²) in [5, 5.41) is 0.360. The number of aromatic nitrogens is 2. The van der Waals surface area contributed by atoms with Gasteiger partial charge in [0.15, 0.2) is 5.15 Å². The molecule has 0 N–H and O–H groups in total. The van der Waals surface area contributed by atoms with Crippen molar-refractivity contribution in [2.75, 3.05) is 0 Å². The first-order valence-corrected chi connectivity index (χ1v) is 5.10. The Morgan fingerprint density at radius 1 is 1.36 bits per heavy atom. The van der Waals surface area contributed by atoms with Gasteiger partial charge in [-0.1, -0.05) is 25.4 Å². The van der Waals surface area contributed by atoms with Crippen LogP contribution in [0, 0.1) is 5.92 Å². The highest BCUT2D eigenvalue weighted by Gasteiger charge is 2.07. The smallest absolute Gasteiger partial charge is 0.233 e. The summed E-state index contributed by atoms with van der Waals surface area (Å²) >= 11 is 5.68. The zero-order chi connectivity index (χ0) is 10.6. The Morgan fingerprint density at radius 3 is 2.64 bits per heavy atom. The molecule has 1 unspecified atom stereocenters. The monoisotopic (exact) mass is 214 g/mol. The third-order valence-corrected chi connectivity index (χ3v) is 1.89. The van der Waals surface area contributed by atoms with E-state index in [1.54, 1.807) is 6.20 Å². The second kappa shape index (κ2) is 5.15. The van der Waals surface area contributed by atoms with Crippen LogP contribution in [0.25, 0.3) is 0 Å². The van der Waals surface area contributed by atoms with E-state index < -0.39 is 0 Å². The quantitative estimate of drug-likeness (QED) is 0.773. The van der Waals surface area contributed by atoms with Crippen molar-refractivity contribution >= 4 is 11.6 Å². The van der Waals surface area contributed by atoms with Gasteiger partial charge in [-0.15, -0.1) is 0 Å². The van der Waals surface area contributed by atoms with Crippen LogP contribution in [0.4, 0.5) is 0 Å². The fourth-order valence-electron chi connectivity index (χ4n) is 1.30. The summed E-state index contributed by atoms with van der Waals surface area (Å²) in [6, 6.07) is 0. The molecule has 3 nitrogen and oxygen atoms in total. The van der Waals surface area contributed by atoms with E-state index in [4.69, 9.17) is 16.3 Å². The van der Waals surface area contributed by atoms with E-state index >= 15 is 0 Å². The van der Waals surface area contributed by atoms with Crippen LogP contribution in [0.1, 0.15) is 27.2 Å². The maximum Gasteiger partial charge on any atom is 0.233 e. The summed E-state index contributed by atoms with van der Waals surface area (Å²) in [6.45, 7) is 6.33. The Balaban J connectivity index is 2.51. The fraction of sp³-hybridized carbons (Fsp3) is 0.600. The molecule has 1 heterocycles. The molecule has 0 saturated carbocycles. The normalized spacial score (nSPS) is 12.9. The molecule has 4 heteroatoms. The highest BCUT2D eigenvalue weighted by Crippen LogP contribution is 2.14. The lowest BCUT2D eigenvalue weighted by Crippen LogP contribution is -2.15. The first-order valence-electron chi connectivity index (χ1n) is 4.72. The van der Waals surface area contributed by atoms with Crippen LogP contribution in [0.2, 0.25) is 5.15 Å². The third kappa shape index (κ3) is 3.92. The summed E-state index contributed by atoms with van der Waals surface area (Å²) in [5.74, 6) is 1.10. The molecule has 0 aliphatic heterocycles. The molecule has 1 aromatic rings. The van der Waals surface area contributed by atoms with Crippen molar-refractivity contribution in [2.45, 2.75) is 33.3 Å². The molecule has 0 fully saturated rings. The van der Waals surface area contributed by atoms with Gasteiger partial charge < -0.3 is 4.74 Å². The second-order valence-corrected chi connectivity index (χ2v) is 4.13. The largest absolute Gasteiger partial charge is 0.474 e. The predicted octanol–water partition coefficient (Wildman–Crippen LogP) is 2.94. The van der Waals surface area contributed by atoms with Crippen LogP contribution >= 0.6 is 11.6 Å². The topological polar surface area (TPSA) is 35.0 Å². The standard InChI is InChI=1S/C10H15ClN2O/c1-7(2)4-8(3)14-10-6-12-5-9(11)13-10/h5-8H,4H2,1-3H3. The summed E-state index contributed by atoms with van der Waals surface area (Å²) in [5.41, 5.74) is 0. The summed E-state index contributed by atoms with van der Waals surface area (Å²) in [6.07, 6.45) is 4.20. The minimum absolute atomic E-state index is 0.141. The molecule has 0 amide bonds. The van der Waals surface area contributed by atoms with Gasteiger partial charge in [0.2, 0.25) is 5.88 Å². The molecule has 0 bridgehead atoms. The number of hydrogen-bond donors (Lipinski definition) is 0. The first-order chi connectivity index (χ1) is 6.58. The van der Waals surface area contributed by atoms with Gasteiger partial charge in [0.05, 0.1) is 18.5 Å². The molecule has 78 valence electrons. The highest BCUT2D eigenvalue weighted by molar-refractivity contribution is 6.29. The van der Waals surface area contributed by atoms with E-state index in [0.29, 0.717) is 17.0 Å². The van der Waals surface area contributed by atoms with Crippen molar-refractivity contribution in [1.29, 1.82) is 0 Å². The minimum Gasteiger partial charge on any atom is -0.474 e. The van der Waals surface area contributed by atoms with Gasteiger partial charge in [0.1, 0.15) is 0 Å². The van der Waals surface area contributed by atoms with E-state index in [0.717, 1.165) is 6.42 Å². The van der Waals surface area contributed by atoms with Gasteiger partial charge >= 0.3 is 0 Å². The fourth-order valence-corrected chi connectivity index (χ4v) is 1.44. The van der Waals surface area contributed by atoms with Crippen LogP contribution in [-0.4, -0.2) is 16.1 Å². The van der Waals surface area contributed by atoms with Crippen LogP contribution < -0.4 is 4.74 Å². The summed E-state index contributed by atoms with van der Waals surface area (Å²) in [4.78, 5) is 7.90. The Hall–Kier alpha value is -0.830. The van der Waals surface area contributed by atoms with Crippen LogP contribution in [-0.2, 0) is 0 Å². The van der Waals surface area contributed by atoms with Gasteiger partial charge in [-0.2, -0.15) is 4.98 Å². The lowest BCUT2D eigenvalue weighted by molar-refractivity contribution is 0.185. The molecule has 0 radical (unpaired) electrons. The van der Waals surface area contributed by atoms with E-state index in [1.807, 2.05) is 6.92 Å². The Bertz CT molecular complexity index is 291. The van der Waals surface area contributed by atoms with E-state index in [9.17, 15) is 0 Å². The SMILES string of the molecule is CC(C)CC(C)Oc1cncc(Cl)n1. The van der Waals surface area contributed by atoms with E-state index in [2.05, 4.69) is 23.8 Å². The van der Waals surface area contributed by atoms with E-state index in [1.165, 1.54) is 6.20 Å². The molecule has 0 aliphatic rings. The number of rotatable bonds is 4. The second-order valence-electron chi connectivity index (χ2n) is 3.74. The summed E-state index contributed by atoms with van der Waals surface area (Å²) < 4.78 is 5.55. The van der Waals surface area contributed by atoms with E-state index in [-0.39, 0.29) is 6.10 Å². The Morgan fingerprint density at radius 2 is 2.07 bits per heavy atom. The van der Waals surface area contributed by atoms with Gasteiger partial charge in [-0.05, 0) is 19.3 Å². The Kier molecular flexibility index (Phi) is 4.14.